The number of ether oxygens (including phenoxy) is 2. The van der Waals surface area contributed by atoms with Crippen LogP contribution in [0.15, 0.2) is 66.7 Å². The molecule has 1 heterocycles. The number of carbonyl (C=O) groups is 2. The number of aromatic amines is 1. The Hall–Kier alpha value is -4.13. The van der Waals surface area contributed by atoms with Crippen molar-refractivity contribution in [2.24, 2.45) is 0 Å². The van der Waals surface area contributed by atoms with Gasteiger partial charge in [-0.05, 0) is 73.0 Å². The molecule has 0 aliphatic heterocycles. The van der Waals surface area contributed by atoms with Crippen molar-refractivity contribution >= 4 is 28.6 Å². The second-order valence-electron chi connectivity index (χ2n) is 8.36. The molecule has 3 aromatic carbocycles. The standard InChI is InChI=1S/C27H27N3O4/c1-16(2)18-5-10-21(11-6-18)28-26(31)17(3)34-27(32)20-9-14-23-24(15-20)30-25(29-23)19-7-12-22(33-4)13-8-19/h5-17H,1-4H3,(H,28,31)(H,29,30). The van der Waals surface area contributed by atoms with Crippen molar-refractivity contribution < 1.29 is 19.1 Å². The molecule has 0 aliphatic rings. The number of hydrogen-bond acceptors (Lipinski definition) is 5. The van der Waals surface area contributed by atoms with Crippen LogP contribution in [-0.2, 0) is 9.53 Å². The van der Waals surface area contributed by atoms with E-state index >= 15 is 0 Å². The second kappa shape index (κ2) is 9.79. The van der Waals surface area contributed by atoms with Crippen LogP contribution in [-0.4, -0.2) is 35.1 Å². The highest BCUT2D eigenvalue weighted by Gasteiger charge is 2.20. The minimum absolute atomic E-state index is 0.332. The molecule has 0 radical (unpaired) electrons. The van der Waals surface area contributed by atoms with Gasteiger partial charge in [-0.1, -0.05) is 26.0 Å². The van der Waals surface area contributed by atoms with Gasteiger partial charge in [-0.25, -0.2) is 9.78 Å². The largest absolute Gasteiger partial charge is 0.497 e. The number of carbonyl (C=O) groups excluding carboxylic acids is 2. The summed E-state index contributed by atoms with van der Waals surface area (Å²) in [5.41, 5.74) is 4.48. The van der Waals surface area contributed by atoms with E-state index in [4.69, 9.17) is 9.47 Å². The summed E-state index contributed by atoms with van der Waals surface area (Å²) in [4.78, 5) is 33.0. The van der Waals surface area contributed by atoms with E-state index in [0.29, 0.717) is 28.5 Å². The summed E-state index contributed by atoms with van der Waals surface area (Å²) in [7, 11) is 1.62. The van der Waals surface area contributed by atoms with Crippen LogP contribution in [0.5, 0.6) is 5.75 Å². The molecule has 1 unspecified atom stereocenters. The average molecular weight is 458 g/mol. The summed E-state index contributed by atoms with van der Waals surface area (Å²) >= 11 is 0. The van der Waals surface area contributed by atoms with Crippen LogP contribution in [0, 0.1) is 0 Å². The molecule has 0 saturated carbocycles. The highest BCUT2D eigenvalue weighted by molar-refractivity contribution is 5.98. The van der Waals surface area contributed by atoms with Crippen molar-refractivity contribution in [3.63, 3.8) is 0 Å². The summed E-state index contributed by atoms with van der Waals surface area (Å²) in [6.45, 7) is 5.76. The first kappa shape index (κ1) is 23.0. The molecule has 1 amide bonds. The third kappa shape index (κ3) is 5.09. The van der Waals surface area contributed by atoms with Crippen molar-refractivity contribution in [2.45, 2.75) is 32.8 Å². The van der Waals surface area contributed by atoms with Gasteiger partial charge in [0.05, 0.1) is 23.7 Å². The monoisotopic (exact) mass is 457 g/mol. The topological polar surface area (TPSA) is 93.3 Å². The lowest BCUT2D eigenvalue weighted by Gasteiger charge is -2.14. The zero-order valence-electron chi connectivity index (χ0n) is 19.6. The van der Waals surface area contributed by atoms with E-state index in [1.54, 1.807) is 32.2 Å². The zero-order valence-corrected chi connectivity index (χ0v) is 19.6. The van der Waals surface area contributed by atoms with Crippen molar-refractivity contribution in [3.05, 3.63) is 77.9 Å². The van der Waals surface area contributed by atoms with Gasteiger partial charge >= 0.3 is 5.97 Å². The smallest absolute Gasteiger partial charge is 0.338 e. The van der Waals surface area contributed by atoms with E-state index in [2.05, 4.69) is 29.1 Å². The number of imidazole rings is 1. The Kier molecular flexibility index (Phi) is 6.63. The second-order valence-corrected chi connectivity index (χ2v) is 8.36. The number of amides is 1. The number of esters is 1. The Bertz CT molecular complexity index is 1310. The zero-order chi connectivity index (χ0) is 24.2. The van der Waals surface area contributed by atoms with Crippen LogP contribution in [0.2, 0.25) is 0 Å². The van der Waals surface area contributed by atoms with E-state index in [1.807, 2.05) is 48.5 Å². The summed E-state index contributed by atoms with van der Waals surface area (Å²) < 4.78 is 10.6. The number of fused-ring (bicyclic) bond motifs is 1. The number of hydrogen-bond donors (Lipinski definition) is 2. The summed E-state index contributed by atoms with van der Waals surface area (Å²) in [6, 6.07) is 20.2. The number of nitrogens with zero attached hydrogens (tertiary/aromatic N) is 1. The van der Waals surface area contributed by atoms with Gasteiger partial charge in [-0.3, -0.25) is 4.79 Å². The van der Waals surface area contributed by atoms with Gasteiger partial charge in [0, 0.05) is 11.3 Å². The van der Waals surface area contributed by atoms with Gasteiger partial charge < -0.3 is 19.8 Å². The van der Waals surface area contributed by atoms with Gasteiger partial charge in [0.1, 0.15) is 11.6 Å². The first-order valence-corrected chi connectivity index (χ1v) is 11.1. The molecule has 34 heavy (non-hydrogen) atoms. The normalized spacial score (nSPS) is 11.9. The van der Waals surface area contributed by atoms with Crippen molar-refractivity contribution in [1.82, 2.24) is 9.97 Å². The summed E-state index contributed by atoms with van der Waals surface area (Å²) in [6.07, 6.45) is -0.954. The number of aromatic nitrogens is 2. The average Bonchev–Trinajstić information content (AvgIpc) is 3.27. The molecule has 2 N–H and O–H groups in total. The lowest BCUT2D eigenvalue weighted by atomic mass is 10.0. The van der Waals surface area contributed by atoms with Crippen LogP contribution in [0.4, 0.5) is 5.69 Å². The minimum Gasteiger partial charge on any atom is -0.497 e. The quantitative estimate of drug-likeness (QED) is 0.355. The van der Waals surface area contributed by atoms with Gasteiger partial charge in [0.25, 0.3) is 5.91 Å². The molecule has 0 fully saturated rings. The van der Waals surface area contributed by atoms with Crippen LogP contribution in [0.25, 0.3) is 22.4 Å². The molecule has 0 saturated heterocycles. The predicted octanol–water partition coefficient (Wildman–Crippen LogP) is 5.55. The van der Waals surface area contributed by atoms with E-state index in [0.717, 1.165) is 16.8 Å². The maximum atomic E-state index is 12.7. The molecule has 1 aromatic heterocycles. The molecule has 174 valence electrons. The van der Waals surface area contributed by atoms with Gasteiger partial charge in [0.2, 0.25) is 0 Å². The molecular weight excluding hydrogens is 430 g/mol. The van der Waals surface area contributed by atoms with Crippen molar-refractivity contribution in [1.29, 1.82) is 0 Å². The van der Waals surface area contributed by atoms with Gasteiger partial charge in [-0.2, -0.15) is 0 Å². The number of methoxy groups -OCH3 is 1. The van der Waals surface area contributed by atoms with E-state index in [1.165, 1.54) is 5.56 Å². The third-order valence-corrected chi connectivity index (χ3v) is 5.58. The Morgan fingerprint density at radius 3 is 2.29 bits per heavy atom. The van der Waals surface area contributed by atoms with Crippen LogP contribution < -0.4 is 10.1 Å². The molecule has 0 bridgehead atoms. The maximum absolute atomic E-state index is 12.7. The first-order valence-electron chi connectivity index (χ1n) is 11.1. The molecular formula is C27H27N3O4. The van der Waals surface area contributed by atoms with E-state index in [-0.39, 0.29) is 0 Å². The fourth-order valence-electron chi connectivity index (χ4n) is 3.50. The van der Waals surface area contributed by atoms with Crippen molar-refractivity contribution in [3.8, 4) is 17.1 Å². The lowest BCUT2D eigenvalue weighted by molar-refractivity contribution is -0.123. The first-order chi connectivity index (χ1) is 16.3. The highest BCUT2D eigenvalue weighted by atomic mass is 16.5. The fourth-order valence-corrected chi connectivity index (χ4v) is 3.50. The third-order valence-electron chi connectivity index (χ3n) is 5.58. The van der Waals surface area contributed by atoms with Crippen LogP contribution in [0.1, 0.15) is 42.6 Å². The molecule has 0 aliphatic carbocycles. The minimum atomic E-state index is -0.954. The Balaban J connectivity index is 1.42. The summed E-state index contributed by atoms with van der Waals surface area (Å²) in [5.74, 6) is 0.870. The maximum Gasteiger partial charge on any atom is 0.338 e. The predicted molar refractivity (Wildman–Crippen MR) is 132 cm³/mol. The number of benzene rings is 3. The Morgan fingerprint density at radius 2 is 1.65 bits per heavy atom. The Morgan fingerprint density at radius 1 is 0.941 bits per heavy atom. The van der Waals surface area contributed by atoms with E-state index < -0.39 is 18.0 Å². The van der Waals surface area contributed by atoms with Gasteiger partial charge in [-0.15, -0.1) is 0 Å². The molecule has 0 spiro atoms. The summed E-state index contributed by atoms with van der Waals surface area (Å²) in [5, 5.41) is 2.78. The highest BCUT2D eigenvalue weighted by Crippen LogP contribution is 2.24. The molecule has 7 heteroatoms. The Labute approximate surface area is 198 Å². The molecule has 1 atom stereocenters. The van der Waals surface area contributed by atoms with Gasteiger partial charge in [0.15, 0.2) is 6.10 Å². The van der Waals surface area contributed by atoms with Crippen LogP contribution in [0.3, 0.4) is 0 Å². The fraction of sp³-hybridized carbons (Fsp3) is 0.222. The number of anilines is 1. The van der Waals surface area contributed by atoms with Crippen molar-refractivity contribution in [2.75, 3.05) is 12.4 Å². The molecule has 4 rings (SSSR count). The number of rotatable bonds is 7. The lowest BCUT2D eigenvalue weighted by Crippen LogP contribution is -2.30. The van der Waals surface area contributed by atoms with Crippen LogP contribution >= 0.6 is 0 Å². The number of H-pyrrole nitrogens is 1. The van der Waals surface area contributed by atoms with E-state index in [9.17, 15) is 9.59 Å². The number of nitrogens with one attached hydrogen (secondary N) is 2. The molecule has 7 nitrogen and oxygen atoms in total. The SMILES string of the molecule is COc1ccc(-c2nc3ccc(C(=O)OC(C)C(=O)Nc4ccc(C(C)C)cc4)cc3[nH]2)cc1. The molecule has 4 aromatic rings.